The first-order valence-electron chi connectivity index (χ1n) is 9.69. The number of carbonyl (C=O) groups is 1. The Labute approximate surface area is 220 Å². The molecule has 4 rings (SSSR count). The van der Waals surface area contributed by atoms with Crippen LogP contribution in [0.25, 0.3) is 6.08 Å². The molecular formula is C23H14Br2ClN3O4S. The number of nitro benzene ring substituents is 1. The van der Waals surface area contributed by atoms with Gasteiger partial charge in [0.05, 0.1) is 29.5 Å². The Balaban J connectivity index is 1.51. The van der Waals surface area contributed by atoms with Crippen LogP contribution in [0.5, 0.6) is 5.75 Å². The topological polar surface area (TPSA) is 93.8 Å². The molecule has 0 saturated carbocycles. The summed E-state index contributed by atoms with van der Waals surface area (Å²) >= 11 is 14.3. The second kappa shape index (κ2) is 10.7. The molecule has 1 aliphatic heterocycles. The molecule has 0 unspecified atom stereocenters. The summed E-state index contributed by atoms with van der Waals surface area (Å²) in [5.41, 5.74) is 2.01. The maximum Gasteiger partial charge on any atom is 0.271 e. The van der Waals surface area contributed by atoms with Crippen LogP contribution < -0.4 is 10.1 Å². The summed E-state index contributed by atoms with van der Waals surface area (Å²) in [4.78, 5) is 27.5. The zero-order valence-corrected chi connectivity index (χ0v) is 21.9. The molecule has 7 nitrogen and oxygen atoms in total. The molecule has 1 fully saturated rings. The zero-order chi connectivity index (χ0) is 24.2. The molecule has 11 heteroatoms. The molecule has 0 radical (unpaired) electrons. The number of amides is 1. The average molecular weight is 624 g/mol. The van der Waals surface area contributed by atoms with Crippen molar-refractivity contribution < 1.29 is 14.5 Å². The van der Waals surface area contributed by atoms with Crippen molar-refractivity contribution in [2.24, 2.45) is 4.99 Å². The van der Waals surface area contributed by atoms with Crippen molar-refractivity contribution in [1.29, 1.82) is 0 Å². The molecule has 0 aromatic heterocycles. The number of benzene rings is 3. The predicted octanol–water partition coefficient (Wildman–Crippen LogP) is 7.24. The number of non-ortho nitro benzene ring substituents is 1. The van der Waals surface area contributed by atoms with E-state index in [-0.39, 0.29) is 16.6 Å². The van der Waals surface area contributed by atoms with Gasteiger partial charge in [0.1, 0.15) is 12.4 Å². The SMILES string of the molecule is O=C1NC(=Nc2ccc([N+](=O)[O-])cc2Cl)S/C1=C/c1cc(Br)c(OCc2ccccc2)c(Br)c1. The van der Waals surface area contributed by atoms with E-state index in [0.717, 1.165) is 31.8 Å². The Kier molecular flexibility index (Phi) is 7.72. The molecule has 34 heavy (non-hydrogen) atoms. The van der Waals surface area contributed by atoms with Crippen molar-refractivity contribution in [3.05, 3.63) is 101 Å². The lowest BCUT2D eigenvalue weighted by Crippen LogP contribution is -2.19. The fourth-order valence-corrected chi connectivity index (χ4v) is 5.47. The fraction of sp³-hybridized carbons (Fsp3) is 0.0435. The number of aliphatic imine (C=N–C) groups is 1. The minimum Gasteiger partial charge on any atom is -0.487 e. The molecular weight excluding hydrogens is 610 g/mol. The van der Waals surface area contributed by atoms with Gasteiger partial charge in [0.25, 0.3) is 11.6 Å². The number of nitrogens with zero attached hydrogens (tertiary/aromatic N) is 2. The lowest BCUT2D eigenvalue weighted by atomic mass is 10.2. The van der Waals surface area contributed by atoms with Crippen LogP contribution in [-0.4, -0.2) is 16.0 Å². The zero-order valence-electron chi connectivity index (χ0n) is 17.1. The van der Waals surface area contributed by atoms with Crippen LogP contribution in [0, 0.1) is 10.1 Å². The van der Waals surface area contributed by atoms with E-state index in [1.165, 1.54) is 18.2 Å². The van der Waals surface area contributed by atoms with Gasteiger partial charge in [-0.3, -0.25) is 14.9 Å². The van der Waals surface area contributed by atoms with E-state index in [4.69, 9.17) is 16.3 Å². The van der Waals surface area contributed by atoms with Crippen LogP contribution in [0.2, 0.25) is 5.02 Å². The summed E-state index contributed by atoms with van der Waals surface area (Å²) in [6, 6.07) is 17.5. The Morgan fingerprint density at radius 1 is 1.12 bits per heavy atom. The van der Waals surface area contributed by atoms with E-state index >= 15 is 0 Å². The number of thioether (sulfide) groups is 1. The number of rotatable bonds is 6. The smallest absolute Gasteiger partial charge is 0.271 e. The quantitative estimate of drug-likeness (QED) is 0.178. The van der Waals surface area contributed by atoms with Crippen LogP contribution in [0.3, 0.4) is 0 Å². The van der Waals surface area contributed by atoms with Gasteiger partial charge < -0.3 is 10.1 Å². The Morgan fingerprint density at radius 2 is 1.82 bits per heavy atom. The lowest BCUT2D eigenvalue weighted by Gasteiger charge is -2.11. The molecule has 0 bridgehead atoms. The van der Waals surface area contributed by atoms with Crippen LogP contribution in [-0.2, 0) is 11.4 Å². The third kappa shape index (κ3) is 5.87. The fourth-order valence-electron chi connectivity index (χ4n) is 2.97. The number of ether oxygens (including phenoxy) is 1. The lowest BCUT2D eigenvalue weighted by molar-refractivity contribution is -0.384. The van der Waals surface area contributed by atoms with Crippen LogP contribution in [0.15, 0.2) is 79.5 Å². The minimum atomic E-state index is -0.538. The normalized spacial score (nSPS) is 15.6. The largest absolute Gasteiger partial charge is 0.487 e. The van der Waals surface area contributed by atoms with Gasteiger partial charge in [-0.15, -0.1) is 0 Å². The van der Waals surface area contributed by atoms with E-state index in [0.29, 0.717) is 28.1 Å². The van der Waals surface area contributed by atoms with Crippen molar-refractivity contribution in [2.45, 2.75) is 6.61 Å². The molecule has 0 atom stereocenters. The number of carbonyl (C=O) groups excluding carboxylic acids is 1. The molecule has 1 heterocycles. The first kappa shape index (κ1) is 24.5. The van der Waals surface area contributed by atoms with Gasteiger partial charge >= 0.3 is 0 Å². The summed E-state index contributed by atoms with van der Waals surface area (Å²) < 4.78 is 7.42. The molecule has 3 aromatic carbocycles. The summed E-state index contributed by atoms with van der Waals surface area (Å²) in [6.07, 6.45) is 1.73. The number of amidine groups is 1. The van der Waals surface area contributed by atoms with E-state index < -0.39 is 4.92 Å². The molecule has 1 aliphatic rings. The number of nitro groups is 1. The highest BCUT2D eigenvalue weighted by Crippen LogP contribution is 2.37. The molecule has 0 spiro atoms. The number of halogens is 3. The average Bonchev–Trinajstić information content (AvgIpc) is 3.13. The van der Waals surface area contributed by atoms with Crippen LogP contribution in [0.4, 0.5) is 11.4 Å². The van der Waals surface area contributed by atoms with Crippen molar-refractivity contribution in [1.82, 2.24) is 5.32 Å². The van der Waals surface area contributed by atoms with Gasteiger partial charge in [0.2, 0.25) is 0 Å². The highest BCUT2D eigenvalue weighted by atomic mass is 79.9. The Morgan fingerprint density at radius 3 is 2.47 bits per heavy atom. The van der Waals surface area contributed by atoms with Gasteiger partial charge in [0.15, 0.2) is 5.17 Å². The third-order valence-electron chi connectivity index (χ3n) is 4.56. The predicted molar refractivity (Wildman–Crippen MR) is 142 cm³/mol. The summed E-state index contributed by atoms with van der Waals surface area (Å²) in [7, 11) is 0. The van der Waals surface area contributed by atoms with Gasteiger partial charge in [-0.2, -0.15) is 0 Å². The van der Waals surface area contributed by atoms with Crippen molar-refractivity contribution in [3.8, 4) is 5.75 Å². The van der Waals surface area contributed by atoms with E-state index in [1.54, 1.807) is 6.08 Å². The van der Waals surface area contributed by atoms with E-state index in [9.17, 15) is 14.9 Å². The molecule has 1 N–H and O–H groups in total. The third-order valence-corrected chi connectivity index (χ3v) is 6.95. The highest BCUT2D eigenvalue weighted by molar-refractivity contribution is 9.11. The molecule has 1 saturated heterocycles. The molecule has 0 aliphatic carbocycles. The first-order chi connectivity index (χ1) is 16.3. The van der Waals surface area contributed by atoms with Crippen molar-refractivity contribution >= 4 is 83.7 Å². The monoisotopic (exact) mass is 621 g/mol. The van der Waals surface area contributed by atoms with Gasteiger partial charge in [-0.1, -0.05) is 41.9 Å². The van der Waals surface area contributed by atoms with Gasteiger partial charge in [-0.25, -0.2) is 4.99 Å². The first-order valence-corrected chi connectivity index (χ1v) is 12.5. The van der Waals surface area contributed by atoms with Crippen LogP contribution in [0.1, 0.15) is 11.1 Å². The standard InChI is InChI=1S/C23H14Br2ClN3O4S/c24-16-8-14(9-17(25)21(16)33-12-13-4-2-1-3-5-13)10-20-22(30)28-23(34-20)27-19-7-6-15(29(31)32)11-18(19)26/h1-11H,12H2,(H,27,28,30)/b20-10+. The van der Waals surface area contributed by atoms with Crippen LogP contribution >= 0.6 is 55.2 Å². The number of hydrogen-bond donors (Lipinski definition) is 1. The summed E-state index contributed by atoms with van der Waals surface area (Å²) in [5, 5.41) is 14.0. The second-order valence-corrected chi connectivity index (χ2v) is 10.1. The molecule has 1 amide bonds. The van der Waals surface area contributed by atoms with Crippen molar-refractivity contribution in [3.63, 3.8) is 0 Å². The Bertz CT molecular complexity index is 1330. The number of nitrogens with one attached hydrogen (secondary N) is 1. The molecule has 172 valence electrons. The van der Waals surface area contributed by atoms with Gasteiger partial charge in [-0.05, 0) is 79.0 Å². The highest BCUT2D eigenvalue weighted by Gasteiger charge is 2.24. The van der Waals surface area contributed by atoms with Gasteiger partial charge in [0, 0.05) is 12.1 Å². The van der Waals surface area contributed by atoms with E-state index in [1.807, 2.05) is 42.5 Å². The minimum absolute atomic E-state index is 0.118. The molecule has 3 aromatic rings. The maximum absolute atomic E-state index is 12.5. The van der Waals surface area contributed by atoms with E-state index in [2.05, 4.69) is 42.2 Å². The van der Waals surface area contributed by atoms with Crippen molar-refractivity contribution in [2.75, 3.05) is 0 Å². The Hall–Kier alpha value is -2.66. The maximum atomic E-state index is 12.5. The summed E-state index contributed by atoms with van der Waals surface area (Å²) in [5.74, 6) is 0.350. The number of hydrogen-bond acceptors (Lipinski definition) is 6. The second-order valence-electron chi connectivity index (χ2n) is 6.96. The summed E-state index contributed by atoms with van der Waals surface area (Å²) in [6.45, 7) is 0.418.